The van der Waals surface area contributed by atoms with Crippen LogP contribution >= 0.6 is 11.6 Å². The maximum atomic E-state index is 13.3. The Balaban J connectivity index is 3.32. The fraction of sp³-hybridized carbons (Fsp3) is 0.400. The molecular weight excluding hydrogens is 259 g/mol. The molecule has 1 heterocycles. The average Bonchev–Trinajstić information content (AvgIpc) is 2.27. The van der Waals surface area contributed by atoms with Gasteiger partial charge in [0, 0.05) is 0 Å². The first-order chi connectivity index (χ1) is 8.01. The monoisotopic (exact) mass is 267 g/mol. The first-order valence-electron chi connectivity index (χ1n) is 4.71. The normalized spacial score (nSPS) is 10.7. The van der Waals surface area contributed by atoms with Crippen molar-refractivity contribution >= 4 is 17.6 Å². The van der Waals surface area contributed by atoms with E-state index in [2.05, 4.69) is 9.72 Å². The van der Waals surface area contributed by atoms with Gasteiger partial charge in [-0.25, -0.2) is 18.6 Å². The summed E-state index contributed by atoms with van der Waals surface area (Å²) in [6.45, 7) is 1.52. The van der Waals surface area contributed by atoms with Gasteiger partial charge in [-0.15, -0.1) is 11.6 Å². The molecule has 94 valence electrons. The fourth-order valence-corrected chi connectivity index (χ4v) is 1.36. The Hall–Kier alpha value is -1.30. The highest BCUT2D eigenvalue weighted by molar-refractivity contribution is 6.17. The van der Waals surface area contributed by atoms with E-state index in [9.17, 15) is 18.0 Å². The maximum absolute atomic E-state index is 13.3. The molecule has 0 saturated heterocycles. The third kappa shape index (κ3) is 3.09. The zero-order valence-corrected chi connectivity index (χ0v) is 9.60. The van der Waals surface area contributed by atoms with Gasteiger partial charge in [0.2, 0.25) is 5.95 Å². The highest BCUT2D eigenvalue weighted by atomic mass is 35.5. The van der Waals surface area contributed by atoms with E-state index in [1.54, 1.807) is 0 Å². The predicted molar refractivity (Wildman–Crippen MR) is 54.7 cm³/mol. The third-order valence-corrected chi connectivity index (χ3v) is 2.19. The lowest BCUT2D eigenvalue weighted by atomic mass is 10.1. The molecule has 1 rings (SSSR count). The number of aromatic nitrogens is 1. The fourth-order valence-electron chi connectivity index (χ4n) is 1.23. The first-order valence-corrected chi connectivity index (χ1v) is 5.25. The summed E-state index contributed by atoms with van der Waals surface area (Å²) < 4.78 is 43.1. The molecule has 1 aromatic heterocycles. The molecule has 0 saturated carbocycles. The second kappa shape index (κ2) is 5.86. The minimum absolute atomic E-state index is 0.00165. The molecule has 0 spiro atoms. The molecule has 0 aliphatic heterocycles. The second-order valence-electron chi connectivity index (χ2n) is 3.02. The predicted octanol–water partition coefficient (Wildman–Crippen LogP) is 3.07. The van der Waals surface area contributed by atoms with Crippen LogP contribution in [-0.2, 0) is 10.6 Å². The summed E-state index contributed by atoms with van der Waals surface area (Å²) in [6.07, 6.45) is -3.15. The van der Waals surface area contributed by atoms with Gasteiger partial charge in [0.05, 0.1) is 29.3 Å². The Morgan fingerprint density at radius 2 is 2.24 bits per heavy atom. The summed E-state index contributed by atoms with van der Waals surface area (Å²) in [5.41, 5.74) is -1.60. The molecule has 0 aliphatic rings. The highest BCUT2D eigenvalue weighted by Gasteiger charge is 2.25. The van der Waals surface area contributed by atoms with Crippen molar-refractivity contribution in [3.8, 4) is 0 Å². The molecule has 0 radical (unpaired) electrons. The molecule has 7 heteroatoms. The van der Waals surface area contributed by atoms with Crippen LogP contribution in [0.1, 0.15) is 35.0 Å². The summed E-state index contributed by atoms with van der Waals surface area (Å²) in [7, 11) is 0. The highest BCUT2D eigenvalue weighted by Crippen LogP contribution is 2.26. The van der Waals surface area contributed by atoms with Crippen LogP contribution in [-0.4, -0.2) is 17.6 Å². The minimum atomic E-state index is -3.15. The van der Waals surface area contributed by atoms with Crippen molar-refractivity contribution in [2.75, 3.05) is 6.61 Å². The van der Waals surface area contributed by atoms with Crippen molar-refractivity contribution in [1.29, 1.82) is 0 Å². The molecule has 0 aromatic carbocycles. The smallest absolute Gasteiger partial charge is 0.338 e. The molecular formula is C10H9ClF3NO2. The average molecular weight is 268 g/mol. The van der Waals surface area contributed by atoms with Crippen LogP contribution in [0.5, 0.6) is 0 Å². The van der Waals surface area contributed by atoms with Gasteiger partial charge in [-0.3, -0.25) is 0 Å². The summed E-state index contributed by atoms with van der Waals surface area (Å²) in [5, 5.41) is 0. The van der Waals surface area contributed by atoms with E-state index in [1.807, 2.05) is 0 Å². The molecule has 1 aromatic rings. The summed E-state index contributed by atoms with van der Waals surface area (Å²) in [4.78, 5) is 14.6. The van der Waals surface area contributed by atoms with Crippen LogP contribution in [0.15, 0.2) is 6.07 Å². The van der Waals surface area contributed by atoms with Crippen LogP contribution < -0.4 is 0 Å². The van der Waals surface area contributed by atoms with Crippen molar-refractivity contribution in [3.05, 3.63) is 28.8 Å². The van der Waals surface area contributed by atoms with E-state index >= 15 is 0 Å². The van der Waals surface area contributed by atoms with Crippen molar-refractivity contribution in [2.24, 2.45) is 0 Å². The van der Waals surface area contributed by atoms with Gasteiger partial charge in [0.15, 0.2) is 0 Å². The number of carbonyl (C=O) groups is 1. The Morgan fingerprint density at radius 1 is 1.59 bits per heavy atom. The molecule has 3 nitrogen and oxygen atoms in total. The van der Waals surface area contributed by atoms with Crippen LogP contribution in [0, 0.1) is 5.95 Å². The van der Waals surface area contributed by atoms with Gasteiger partial charge >= 0.3 is 5.97 Å². The molecule has 0 aliphatic carbocycles. The Morgan fingerprint density at radius 3 is 2.71 bits per heavy atom. The molecule has 0 bridgehead atoms. The number of rotatable bonds is 4. The van der Waals surface area contributed by atoms with E-state index in [1.165, 1.54) is 6.92 Å². The standard InChI is InChI=1S/C10H9ClF3NO2/c1-2-17-10(16)6-3-5(4-11)15-9(14)7(6)8(12)13/h3,8H,2,4H2,1H3. The molecule has 0 N–H and O–H groups in total. The van der Waals surface area contributed by atoms with E-state index < -0.39 is 29.5 Å². The van der Waals surface area contributed by atoms with E-state index in [-0.39, 0.29) is 18.2 Å². The Labute approximate surface area is 101 Å². The van der Waals surface area contributed by atoms with Crippen molar-refractivity contribution in [3.63, 3.8) is 0 Å². The molecule has 0 unspecified atom stereocenters. The largest absolute Gasteiger partial charge is 0.462 e. The van der Waals surface area contributed by atoms with Crippen molar-refractivity contribution in [2.45, 2.75) is 19.2 Å². The Kier molecular flexibility index (Phi) is 4.74. The summed E-state index contributed by atoms with van der Waals surface area (Å²) in [5.74, 6) is -2.61. The number of ether oxygens (including phenoxy) is 1. The number of alkyl halides is 3. The van der Waals surface area contributed by atoms with Crippen LogP contribution in [0.2, 0.25) is 0 Å². The number of hydrogen-bond acceptors (Lipinski definition) is 3. The SMILES string of the molecule is CCOC(=O)c1cc(CCl)nc(F)c1C(F)F. The van der Waals surface area contributed by atoms with Gasteiger partial charge in [0.1, 0.15) is 0 Å². The number of nitrogens with zero attached hydrogens (tertiary/aromatic N) is 1. The lowest BCUT2D eigenvalue weighted by Gasteiger charge is -2.10. The third-order valence-electron chi connectivity index (χ3n) is 1.92. The van der Waals surface area contributed by atoms with Gasteiger partial charge in [-0.2, -0.15) is 4.39 Å². The molecule has 0 fully saturated rings. The maximum Gasteiger partial charge on any atom is 0.338 e. The number of hydrogen-bond donors (Lipinski definition) is 0. The molecule has 0 atom stereocenters. The summed E-state index contributed by atoms with van der Waals surface area (Å²) in [6, 6.07) is 1.01. The quantitative estimate of drug-likeness (QED) is 0.478. The zero-order chi connectivity index (χ0) is 13.0. The van der Waals surface area contributed by atoms with E-state index in [0.29, 0.717) is 0 Å². The van der Waals surface area contributed by atoms with Crippen LogP contribution in [0.3, 0.4) is 0 Å². The van der Waals surface area contributed by atoms with E-state index in [4.69, 9.17) is 11.6 Å². The van der Waals surface area contributed by atoms with Crippen LogP contribution in [0.25, 0.3) is 0 Å². The lowest BCUT2D eigenvalue weighted by molar-refractivity contribution is 0.0512. The lowest BCUT2D eigenvalue weighted by Crippen LogP contribution is -2.12. The second-order valence-corrected chi connectivity index (χ2v) is 3.29. The van der Waals surface area contributed by atoms with Gasteiger partial charge < -0.3 is 4.74 Å². The topological polar surface area (TPSA) is 39.2 Å². The van der Waals surface area contributed by atoms with Crippen molar-refractivity contribution in [1.82, 2.24) is 4.98 Å². The van der Waals surface area contributed by atoms with Crippen LogP contribution in [0.4, 0.5) is 13.2 Å². The van der Waals surface area contributed by atoms with Gasteiger partial charge in [0.25, 0.3) is 6.43 Å². The number of carbonyl (C=O) groups excluding carboxylic acids is 1. The molecule has 17 heavy (non-hydrogen) atoms. The zero-order valence-electron chi connectivity index (χ0n) is 8.84. The van der Waals surface area contributed by atoms with Gasteiger partial charge in [-0.05, 0) is 13.0 Å². The van der Waals surface area contributed by atoms with Crippen molar-refractivity contribution < 1.29 is 22.7 Å². The number of halogens is 4. The van der Waals surface area contributed by atoms with E-state index in [0.717, 1.165) is 6.07 Å². The summed E-state index contributed by atoms with van der Waals surface area (Å²) >= 11 is 5.42. The first kappa shape index (κ1) is 13.8. The minimum Gasteiger partial charge on any atom is -0.462 e. The number of esters is 1. The number of pyridine rings is 1. The van der Waals surface area contributed by atoms with Gasteiger partial charge in [-0.1, -0.05) is 0 Å². The Bertz CT molecular complexity index is 426. The molecule has 0 amide bonds.